The summed E-state index contributed by atoms with van der Waals surface area (Å²) in [5.74, 6) is 1.78. The lowest BCUT2D eigenvalue weighted by atomic mass is 9.74. The number of ether oxygens (including phenoxy) is 3. The van der Waals surface area contributed by atoms with E-state index in [2.05, 4.69) is 46.8 Å². The Morgan fingerprint density at radius 3 is 2.32 bits per heavy atom. The average Bonchev–Trinajstić information content (AvgIpc) is 3.29. The van der Waals surface area contributed by atoms with Gasteiger partial charge in [0.2, 0.25) is 0 Å². The second-order valence-corrected chi connectivity index (χ2v) is 9.05. The molecular formula is C25H41N3O3. The van der Waals surface area contributed by atoms with Crippen molar-refractivity contribution in [3.63, 3.8) is 0 Å². The highest BCUT2D eigenvalue weighted by Crippen LogP contribution is 2.40. The first-order valence-electron chi connectivity index (χ1n) is 11.9. The molecular weight excluding hydrogens is 390 g/mol. The van der Waals surface area contributed by atoms with E-state index in [-0.39, 0.29) is 5.41 Å². The largest absolute Gasteiger partial charge is 0.497 e. The van der Waals surface area contributed by atoms with E-state index in [0.29, 0.717) is 5.41 Å². The van der Waals surface area contributed by atoms with Gasteiger partial charge in [-0.2, -0.15) is 0 Å². The highest BCUT2D eigenvalue weighted by molar-refractivity contribution is 5.79. The Hall–Kier alpha value is -1.79. The van der Waals surface area contributed by atoms with E-state index in [0.717, 1.165) is 70.5 Å². The summed E-state index contributed by atoms with van der Waals surface area (Å²) in [6.07, 6.45) is 8.32. The number of methoxy groups -OCH3 is 1. The minimum Gasteiger partial charge on any atom is -0.497 e. The van der Waals surface area contributed by atoms with E-state index in [1.165, 1.54) is 31.2 Å². The fourth-order valence-electron chi connectivity index (χ4n) is 5.09. The summed E-state index contributed by atoms with van der Waals surface area (Å²) in [7, 11) is 3.57. The molecule has 1 aromatic carbocycles. The predicted octanol–water partition coefficient (Wildman–Crippen LogP) is 3.90. The maximum absolute atomic E-state index is 5.69. The number of hydrogen-bond acceptors (Lipinski definition) is 4. The molecule has 1 saturated carbocycles. The van der Waals surface area contributed by atoms with Crippen LogP contribution in [0.1, 0.15) is 57.4 Å². The first kappa shape index (κ1) is 23.9. The zero-order chi connectivity index (χ0) is 22.0. The Bertz CT molecular complexity index is 678. The maximum atomic E-state index is 5.69. The lowest BCUT2D eigenvalue weighted by Gasteiger charge is -2.38. The van der Waals surface area contributed by atoms with Gasteiger partial charge in [0.25, 0.3) is 0 Å². The van der Waals surface area contributed by atoms with Gasteiger partial charge in [-0.1, -0.05) is 25.0 Å². The molecule has 0 amide bonds. The van der Waals surface area contributed by atoms with Gasteiger partial charge >= 0.3 is 0 Å². The van der Waals surface area contributed by atoms with Crippen LogP contribution in [-0.4, -0.2) is 59.6 Å². The Kier molecular flexibility index (Phi) is 9.02. The van der Waals surface area contributed by atoms with E-state index in [1.807, 2.05) is 7.05 Å². The molecule has 1 aromatic rings. The van der Waals surface area contributed by atoms with Gasteiger partial charge in [0.05, 0.1) is 7.11 Å². The molecule has 0 aromatic heterocycles. The summed E-state index contributed by atoms with van der Waals surface area (Å²) < 4.78 is 16.7. The summed E-state index contributed by atoms with van der Waals surface area (Å²) in [4.78, 5) is 4.53. The van der Waals surface area contributed by atoms with E-state index < -0.39 is 0 Å². The molecule has 3 rings (SSSR count). The molecule has 6 heteroatoms. The molecule has 0 spiro atoms. The zero-order valence-electron chi connectivity index (χ0n) is 19.7. The number of guanidine groups is 1. The van der Waals surface area contributed by atoms with Crippen LogP contribution in [0.2, 0.25) is 0 Å². The summed E-state index contributed by atoms with van der Waals surface area (Å²) in [6, 6.07) is 8.51. The van der Waals surface area contributed by atoms with Crippen molar-refractivity contribution in [2.24, 2.45) is 10.4 Å². The summed E-state index contributed by atoms with van der Waals surface area (Å²) >= 11 is 0. The van der Waals surface area contributed by atoms with Crippen molar-refractivity contribution in [3.8, 4) is 5.75 Å². The maximum Gasteiger partial charge on any atom is 0.191 e. The van der Waals surface area contributed by atoms with E-state index in [9.17, 15) is 0 Å². The van der Waals surface area contributed by atoms with E-state index >= 15 is 0 Å². The van der Waals surface area contributed by atoms with Crippen molar-refractivity contribution in [1.29, 1.82) is 0 Å². The van der Waals surface area contributed by atoms with Crippen LogP contribution in [-0.2, 0) is 14.9 Å². The first-order chi connectivity index (χ1) is 15.2. The summed E-state index contributed by atoms with van der Waals surface area (Å²) in [5, 5.41) is 7.27. The molecule has 0 radical (unpaired) electrons. The van der Waals surface area contributed by atoms with Crippen molar-refractivity contribution < 1.29 is 14.2 Å². The Labute approximate surface area is 188 Å². The molecule has 2 fully saturated rings. The molecule has 0 bridgehead atoms. The number of rotatable bonds is 10. The second kappa shape index (κ2) is 11.7. The van der Waals surface area contributed by atoms with Crippen LogP contribution >= 0.6 is 0 Å². The van der Waals surface area contributed by atoms with Crippen LogP contribution in [0.4, 0.5) is 0 Å². The lowest BCUT2D eigenvalue weighted by molar-refractivity contribution is 0.0513. The molecule has 6 nitrogen and oxygen atoms in total. The van der Waals surface area contributed by atoms with Gasteiger partial charge in [-0.3, -0.25) is 4.99 Å². The van der Waals surface area contributed by atoms with Crippen LogP contribution in [0.3, 0.4) is 0 Å². The minimum atomic E-state index is 0.0438. The molecule has 1 saturated heterocycles. The van der Waals surface area contributed by atoms with Crippen molar-refractivity contribution in [3.05, 3.63) is 29.8 Å². The van der Waals surface area contributed by atoms with Crippen LogP contribution < -0.4 is 15.4 Å². The van der Waals surface area contributed by atoms with Gasteiger partial charge in [-0.25, -0.2) is 0 Å². The van der Waals surface area contributed by atoms with Gasteiger partial charge in [-0.05, 0) is 62.1 Å². The van der Waals surface area contributed by atoms with Gasteiger partial charge in [-0.15, -0.1) is 0 Å². The molecule has 31 heavy (non-hydrogen) atoms. The highest BCUT2D eigenvalue weighted by Gasteiger charge is 2.36. The van der Waals surface area contributed by atoms with Gasteiger partial charge in [0.1, 0.15) is 5.75 Å². The lowest BCUT2D eigenvalue weighted by Crippen LogP contribution is -2.49. The quantitative estimate of drug-likeness (QED) is 0.334. The molecule has 174 valence electrons. The van der Waals surface area contributed by atoms with Gasteiger partial charge in [0.15, 0.2) is 5.96 Å². The zero-order valence-corrected chi connectivity index (χ0v) is 19.7. The molecule has 0 unspecified atom stereocenters. The Morgan fingerprint density at radius 1 is 1.03 bits per heavy atom. The summed E-state index contributed by atoms with van der Waals surface area (Å²) in [5.41, 5.74) is 1.71. The summed E-state index contributed by atoms with van der Waals surface area (Å²) in [6.45, 7) is 7.10. The average molecular weight is 432 g/mol. The Morgan fingerprint density at radius 2 is 1.71 bits per heavy atom. The monoisotopic (exact) mass is 431 g/mol. The van der Waals surface area contributed by atoms with Crippen molar-refractivity contribution >= 4 is 5.96 Å². The minimum absolute atomic E-state index is 0.0438. The number of nitrogens with zero attached hydrogens (tertiary/aromatic N) is 1. The number of nitrogens with one attached hydrogen (secondary N) is 2. The van der Waals surface area contributed by atoms with Gasteiger partial charge in [0, 0.05) is 52.0 Å². The molecule has 0 atom stereocenters. The second-order valence-electron chi connectivity index (χ2n) is 9.05. The number of benzene rings is 1. The van der Waals surface area contributed by atoms with Crippen LogP contribution in [0.5, 0.6) is 5.75 Å². The fraction of sp³-hybridized carbons (Fsp3) is 0.720. The smallest absolute Gasteiger partial charge is 0.191 e. The number of hydrogen-bond donors (Lipinski definition) is 2. The first-order valence-corrected chi connectivity index (χ1v) is 11.9. The SMILES string of the molecule is CCOCCC1(CNC(=NC)NCC2(c3ccc(OC)cc3)CCOCC2)CCCC1. The third-order valence-electron chi connectivity index (χ3n) is 7.25. The van der Waals surface area contributed by atoms with E-state index in [1.54, 1.807) is 7.11 Å². The molecule has 2 aliphatic rings. The van der Waals surface area contributed by atoms with Crippen molar-refractivity contribution in [1.82, 2.24) is 10.6 Å². The topological polar surface area (TPSA) is 64.1 Å². The van der Waals surface area contributed by atoms with Crippen LogP contribution in [0.15, 0.2) is 29.3 Å². The molecule has 2 N–H and O–H groups in total. The van der Waals surface area contributed by atoms with Crippen molar-refractivity contribution in [2.75, 3.05) is 53.7 Å². The highest BCUT2D eigenvalue weighted by atomic mass is 16.5. The third-order valence-corrected chi connectivity index (χ3v) is 7.25. The van der Waals surface area contributed by atoms with Crippen LogP contribution in [0, 0.1) is 5.41 Å². The standard InChI is InChI=1S/C25H41N3O3/c1-4-30-16-13-24(11-5-6-12-24)19-27-23(26-2)28-20-25(14-17-31-18-15-25)21-7-9-22(29-3)10-8-21/h7-10H,4-6,11-20H2,1-3H3,(H2,26,27,28). The Balaban J connectivity index is 1.61. The molecule has 1 aliphatic carbocycles. The van der Waals surface area contributed by atoms with E-state index in [4.69, 9.17) is 14.2 Å². The van der Waals surface area contributed by atoms with Crippen molar-refractivity contribution in [2.45, 2.75) is 57.3 Å². The van der Waals surface area contributed by atoms with Gasteiger partial charge < -0.3 is 24.8 Å². The molecule has 1 aliphatic heterocycles. The molecule has 1 heterocycles. The normalized spacial score (nSPS) is 20.4. The predicted molar refractivity (Wildman–Crippen MR) is 126 cm³/mol. The number of aliphatic imine (C=N–C) groups is 1. The third kappa shape index (κ3) is 6.36. The fourth-order valence-corrected chi connectivity index (χ4v) is 5.09. The van der Waals surface area contributed by atoms with Crippen LogP contribution in [0.25, 0.3) is 0 Å².